The SMILES string of the molecule is CCNC(=NCCCNS(C)(=O)=O)N1CCN(c2ccccc2Cl)CC1.I. The predicted octanol–water partition coefficient (Wildman–Crippen LogP) is 1.98. The highest BCUT2D eigenvalue weighted by molar-refractivity contribution is 14.0. The molecule has 1 aromatic rings. The fraction of sp³-hybridized carbons (Fsp3) is 0.588. The molecule has 10 heteroatoms. The van der Waals surface area contributed by atoms with Gasteiger partial charge in [0, 0.05) is 45.8 Å². The van der Waals surface area contributed by atoms with Crippen molar-refractivity contribution in [1.82, 2.24) is 14.9 Å². The monoisotopic (exact) mass is 529 g/mol. The van der Waals surface area contributed by atoms with Gasteiger partial charge in [-0.15, -0.1) is 24.0 Å². The standard InChI is InChI=1S/C17H28ClN5O2S.HI/c1-3-19-17(20-9-6-10-21-26(2,24)25)23-13-11-22(12-14-23)16-8-5-4-7-15(16)18;/h4-5,7-8,21H,3,6,9-14H2,1-2H3,(H,19,20);1H. The Kier molecular flexibility index (Phi) is 10.7. The minimum Gasteiger partial charge on any atom is -0.367 e. The van der Waals surface area contributed by atoms with Gasteiger partial charge in [-0.2, -0.15) is 0 Å². The van der Waals surface area contributed by atoms with E-state index in [1.165, 1.54) is 6.26 Å². The van der Waals surface area contributed by atoms with E-state index >= 15 is 0 Å². The van der Waals surface area contributed by atoms with Crippen LogP contribution in [0.5, 0.6) is 0 Å². The number of nitrogens with zero attached hydrogens (tertiary/aromatic N) is 3. The summed E-state index contributed by atoms with van der Waals surface area (Å²) in [5.74, 6) is 0.880. The van der Waals surface area contributed by atoms with Crippen molar-refractivity contribution in [3.63, 3.8) is 0 Å². The summed E-state index contributed by atoms with van der Waals surface area (Å²) in [7, 11) is -3.13. The molecular formula is C17H29ClIN5O2S. The number of anilines is 1. The summed E-state index contributed by atoms with van der Waals surface area (Å²) in [6.45, 7) is 7.30. The van der Waals surface area contributed by atoms with E-state index in [1.54, 1.807) is 0 Å². The second-order valence-corrected chi connectivity index (χ2v) is 8.42. The van der Waals surface area contributed by atoms with Crippen molar-refractivity contribution in [2.45, 2.75) is 13.3 Å². The van der Waals surface area contributed by atoms with Crippen LogP contribution in [0.3, 0.4) is 0 Å². The summed E-state index contributed by atoms with van der Waals surface area (Å²) >= 11 is 6.30. The molecule has 1 aliphatic rings. The summed E-state index contributed by atoms with van der Waals surface area (Å²) < 4.78 is 24.6. The van der Waals surface area contributed by atoms with Gasteiger partial charge in [-0.1, -0.05) is 23.7 Å². The molecule has 7 nitrogen and oxygen atoms in total. The van der Waals surface area contributed by atoms with Gasteiger partial charge in [0.2, 0.25) is 10.0 Å². The Bertz CT molecular complexity index is 709. The van der Waals surface area contributed by atoms with E-state index in [4.69, 9.17) is 11.6 Å². The molecule has 1 aromatic carbocycles. The molecule has 1 heterocycles. The molecule has 0 bridgehead atoms. The van der Waals surface area contributed by atoms with Gasteiger partial charge in [-0.3, -0.25) is 4.99 Å². The number of hydrogen-bond acceptors (Lipinski definition) is 4. The van der Waals surface area contributed by atoms with Crippen molar-refractivity contribution in [3.05, 3.63) is 29.3 Å². The highest BCUT2D eigenvalue weighted by Gasteiger charge is 2.20. The maximum absolute atomic E-state index is 11.1. The van der Waals surface area contributed by atoms with Crippen molar-refractivity contribution in [3.8, 4) is 0 Å². The van der Waals surface area contributed by atoms with E-state index < -0.39 is 10.0 Å². The molecule has 0 unspecified atom stereocenters. The van der Waals surface area contributed by atoms with Crippen LogP contribution < -0.4 is 14.9 Å². The lowest BCUT2D eigenvalue weighted by molar-refractivity contribution is 0.372. The zero-order valence-electron chi connectivity index (χ0n) is 15.8. The van der Waals surface area contributed by atoms with Crippen LogP contribution in [0, 0.1) is 0 Å². The van der Waals surface area contributed by atoms with Crippen molar-refractivity contribution in [1.29, 1.82) is 0 Å². The van der Waals surface area contributed by atoms with Crippen LogP contribution in [0.1, 0.15) is 13.3 Å². The summed E-state index contributed by atoms with van der Waals surface area (Å²) in [5.41, 5.74) is 1.07. The molecule has 1 aliphatic heterocycles. The largest absolute Gasteiger partial charge is 0.367 e. The smallest absolute Gasteiger partial charge is 0.208 e. The second-order valence-electron chi connectivity index (χ2n) is 6.18. The minimum absolute atomic E-state index is 0. The van der Waals surface area contributed by atoms with Crippen LogP contribution in [-0.4, -0.2) is 71.3 Å². The lowest BCUT2D eigenvalue weighted by atomic mass is 10.2. The normalized spacial score (nSPS) is 15.4. The molecule has 0 aromatic heterocycles. The van der Waals surface area contributed by atoms with Crippen LogP contribution in [0.25, 0.3) is 0 Å². The molecule has 1 fully saturated rings. The number of nitrogens with one attached hydrogen (secondary N) is 2. The Balaban J connectivity index is 0.00000364. The number of hydrogen-bond donors (Lipinski definition) is 2. The van der Waals surface area contributed by atoms with Gasteiger partial charge in [0.05, 0.1) is 17.0 Å². The van der Waals surface area contributed by atoms with E-state index in [2.05, 4.69) is 24.8 Å². The second kappa shape index (κ2) is 11.9. The van der Waals surface area contributed by atoms with E-state index in [-0.39, 0.29) is 24.0 Å². The van der Waals surface area contributed by atoms with Crippen molar-refractivity contribution in [2.24, 2.45) is 4.99 Å². The Morgan fingerprint density at radius 1 is 1.22 bits per heavy atom. The third-order valence-corrected chi connectivity index (χ3v) is 5.12. The molecule has 2 N–H and O–H groups in total. The molecule has 0 atom stereocenters. The van der Waals surface area contributed by atoms with Crippen LogP contribution in [-0.2, 0) is 10.0 Å². The molecule has 0 spiro atoms. The van der Waals surface area contributed by atoms with Crippen LogP contribution in [0.4, 0.5) is 5.69 Å². The lowest BCUT2D eigenvalue weighted by Crippen LogP contribution is -2.52. The number of piperazine rings is 1. The molecule has 0 aliphatic carbocycles. The Hall–Kier alpha value is -0.780. The molecular weight excluding hydrogens is 501 g/mol. The number of sulfonamides is 1. The summed E-state index contributed by atoms with van der Waals surface area (Å²) in [6, 6.07) is 7.91. The van der Waals surface area contributed by atoms with Crippen molar-refractivity contribution < 1.29 is 8.42 Å². The molecule has 0 amide bonds. The molecule has 2 rings (SSSR count). The number of aliphatic imine (C=N–C) groups is 1. The first-order valence-corrected chi connectivity index (χ1v) is 11.1. The summed E-state index contributed by atoms with van der Waals surface area (Å²) in [4.78, 5) is 9.15. The van der Waals surface area contributed by atoms with Gasteiger partial charge in [0.25, 0.3) is 0 Å². The predicted molar refractivity (Wildman–Crippen MR) is 124 cm³/mol. The van der Waals surface area contributed by atoms with E-state index in [1.807, 2.05) is 31.2 Å². The number of rotatable bonds is 7. The molecule has 0 radical (unpaired) electrons. The van der Waals surface area contributed by atoms with Crippen molar-refractivity contribution in [2.75, 3.05) is 57.0 Å². The molecule has 1 saturated heterocycles. The Morgan fingerprint density at radius 3 is 2.48 bits per heavy atom. The first-order chi connectivity index (χ1) is 12.4. The van der Waals surface area contributed by atoms with Gasteiger partial charge in [-0.25, -0.2) is 13.1 Å². The summed E-state index contributed by atoms with van der Waals surface area (Å²) in [6.07, 6.45) is 1.83. The quantitative estimate of drug-likeness (QED) is 0.245. The molecule has 154 valence electrons. The highest BCUT2D eigenvalue weighted by Crippen LogP contribution is 2.25. The summed E-state index contributed by atoms with van der Waals surface area (Å²) in [5, 5.41) is 4.10. The number of para-hydroxylation sites is 1. The van der Waals surface area contributed by atoms with Gasteiger partial charge in [0.15, 0.2) is 5.96 Å². The maximum Gasteiger partial charge on any atom is 0.208 e. The van der Waals surface area contributed by atoms with Gasteiger partial charge in [-0.05, 0) is 25.5 Å². The lowest BCUT2D eigenvalue weighted by Gasteiger charge is -2.38. The van der Waals surface area contributed by atoms with Crippen molar-refractivity contribution >= 4 is 57.2 Å². The zero-order valence-corrected chi connectivity index (χ0v) is 19.7. The third kappa shape index (κ3) is 8.41. The zero-order chi connectivity index (χ0) is 19.0. The van der Waals surface area contributed by atoms with Gasteiger partial charge in [0.1, 0.15) is 0 Å². The number of halogens is 2. The van der Waals surface area contributed by atoms with Crippen LogP contribution >= 0.6 is 35.6 Å². The van der Waals surface area contributed by atoms with E-state index in [9.17, 15) is 8.42 Å². The average molecular weight is 530 g/mol. The Morgan fingerprint density at radius 2 is 1.89 bits per heavy atom. The average Bonchev–Trinajstić information content (AvgIpc) is 2.60. The van der Waals surface area contributed by atoms with Crippen LogP contribution in [0.2, 0.25) is 5.02 Å². The first kappa shape index (κ1) is 24.3. The third-order valence-electron chi connectivity index (χ3n) is 4.07. The number of benzene rings is 1. The first-order valence-electron chi connectivity index (χ1n) is 8.88. The topological polar surface area (TPSA) is 77.0 Å². The number of guanidine groups is 1. The fourth-order valence-electron chi connectivity index (χ4n) is 2.81. The fourth-order valence-corrected chi connectivity index (χ4v) is 3.59. The van der Waals surface area contributed by atoms with Crippen LogP contribution in [0.15, 0.2) is 29.3 Å². The van der Waals surface area contributed by atoms with Gasteiger partial charge >= 0.3 is 0 Å². The maximum atomic E-state index is 11.1. The van der Waals surface area contributed by atoms with E-state index in [0.717, 1.165) is 49.4 Å². The highest BCUT2D eigenvalue weighted by atomic mass is 127. The molecule has 0 saturated carbocycles. The van der Waals surface area contributed by atoms with E-state index in [0.29, 0.717) is 19.5 Å². The van der Waals surface area contributed by atoms with Gasteiger partial charge < -0.3 is 15.1 Å². The Labute approximate surface area is 184 Å². The molecule has 27 heavy (non-hydrogen) atoms. The minimum atomic E-state index is -3.13.